The van der Waals surface area contributed by atoms with E-state index in [1.165, 1.54) is 30.5 Å². The zero-order valence-corrected chi connectivity index (χ0v) is 17.8. The van der Waals surface area contributed by atoms with Crippen LogP contribution in [-0.4, -0.2) is 41.9 Å². The number of hydrogen-bond donors (Lipinski definition) is 0. The number of benzene rings is 2. The van der Waals surface area contributed by atoms with Gasteiger partial charge < -0.3 is 9.64 Å². The molecule has 0 atom stereocenters. The normalized spacial score (nSPS) is 11.3. The summed E-state index contributed by atoms with van der Waals surface area (Å²) < 4.78 is 58.0. The molecule has 0 aliphatic rings. The van der Waals surface area contributed by atoms with Gasteiger partial charge in [0.15, 0.2) is 6.61 Å². The molecule has 173 valence electrons. The van der Waals surface area contributed by atoms with Gasteiger partial charge in [-0.15, -0.1) is 0 Å². The van der Waals surface area contributed by atoms with E-state index in [1.54, 1.807) is 19.0 Å². The quantitative estimate of drug-likeness (QED) is 0.253. The number of hydrogen-bond acceptors (Lipinski definition) is 5. The van der Waals surface area contributed by atoms with Crippen LogP contribution in [0.3, 0.4) is 0 Å². The molecule has 0 bridgehead atoms. The molecule has 1 radical (unpaired) electrons. The Morgan fingerprint density at radius 2 is 1.88 bits per heavy atom. The summed E-state index contributed by atoms with van der Waals surface area (Å²) >= 11 is 0. The Morgan fingerprint density at radius 1 is 1.18 bits per heavy atom. The van der Waals surface area contributed by atoms with Crippen LogP contribution in [0.5, 0.6) is 5.88 Å². The fraction of sp³-hybridized carbons (Fsp3) is 0.261. The Bertz CT molecular complexity index is 1120. The monoisotopic (exact) mass is 462 g/mol. The standard InChI is InChI=1S/C23H20F4N3O3/c1-29(2)12-16-8-14(10-18-19(24)4-3-5-20(18)25)9-17(23(16)30(31)32)15-6-7-22(28-11-15)33-13-21(26)27/h3-7,9,11,21H,10,12-13H2,1-2H3. The molecule has 3 rings (SSSR count). The Labute approximate surface area is 187 Å². The van der Waals surface area contributed by atoms with Crippen LogP contribution < -0.4 is 4.74 Å². The summed E-state index contributed by atoms with van der Waals surface area (Å²) in [6.45, 7) is -0.682. The second-order valence-electron chi connectivity index (χ2n) is 7.49. The SMILES string of the molecule is CN(C)Cc1[c]c(Cc2c(F)cccc2F)cc(-c2ccc(OCC(F)F)nc2)c1[N+](=O)[O-]. The van der Waals surface area contributed by atoms with Crippen molar-refractivity contribution < 1.29 is 27.2 Å². The van der Waals surface area contributed by atoms with Gasteiger partial charge >= 0.3 is 0 Å². The molecule has 0 saturated carbocycles. The highest BCUT2D eigenvalue weighted by molar-refractivity contribution is 5.76. The van der Waals surface area contributed by atoms with E-state index in [4.69, 9.17) is 4.74 Å². The van der Waals surface area contributed by atoms with Gasteiger partial charge in [0.25, 0.3) is 12.1 Å². The number of halogens is 4. The zero-order chi connectivity index (χ0) is 24.1. The summed E-state index contributed by atoms with van der Waals surface area (Å²) in [5.41, 5.74) is 0.634. The minimum Gasteiger partial charge on any atom is -0.472 e. The van der Waals surface area contributed by atoms with E-state index in [9.17, 15) is 27.7 Å². The molecule has 0 amide bonds. The first-order valence-corrected chi connectivity index (χ1v) is 9.83. The van der Waals surface area contributed by atoms with E-state index in [2.05, 4.69) is 11.1 Å². The summed E-state index contributed by atoms with van der Waals surface area (Å²) in [6.07, 6.45) is -1.59. The van der Waals surface area contributed by atoms with Crippen LogP contribution in [0.15, 0.2) is 42.6 Å². The third kappa shape index (κ3) is 6.04. The minimum atomic E-state index is -2.67. The second-order valence-corrected chi connectivity index (χ2v) is 7.49. The first-order valence-electron chi connectivity index (χ1n) is 9.83. The van der Waals surface area contributed by atoms with Gasteiger partial charge in [-0.25, -0.2) is 22.5 Å². The molecular weight excluding hydrogens is 442 g/mol. The van der Waals surface area contributed by atoms with E-state index in [0.717, 1.165) is 12.1 Å². The van der Waals surface area contributed by atoms with Crippen LogP contribution >= 0.6 is 0 Å². The highest BCUT2D eigenvalue weighted by atomic mass is 19.3. The topological polar surface area (TPSA) is 68.5 Å². The van der Waals surface area contributed by atoms with Crippen molar-refractivity contribution in [1.82, 2.24) is 9.88 Å². The van der Waals surface area contributed by atoms with Crippen LogP contribution in [0.25, 0.3) is 11.1 Å². The largest absolute Gasteiger partial charge is 0.472 e. The average Bonchev–Trinajstić information content (AvgIpc) is 2.74. The van der Waals surface area contributed by atoms with Crippen molar-refractivity contribution in [3.05, 3.63) is 87.1 Å². The maximum absolute atomic E-state index is 14.2. The molecular formula is C23H20F4N3O3. The summed E-state index contributed by atoms with van der Waals surface area (Å²) in [5.74, 6) is -1.54. The first kappa shape index (κ1) is 24.1. The van der Waals surface area contributed by atoms with Gasteiger partial charge in [0.2, 0.25) is 5.88 Å². The van der Waals surface area contributed by atoms with Gasteiger partial charge in [-0.2, -0.15) is 0 Å². The maximum Gasteiger partial charge on any atom is 0.282 e. The van der Waals surface area contributed by atoms with Crippen LogP contribution in [0.4, 0.5) is 23.2 Å². The molecule has 0 N–H and O–H groups in total. The van der Waals surface area contributed by atoms with Crippen molar-refractivity contribution in [1.29, 1.82) is 0 Å². The van der Waals surface area contributed by atoms with Crippen molar-refractivity contribution in [3.8, 4) is 17.0 Å². The highest BCUT2D eigenvalue weighted by Gasteiger charge is 2.24. The van der Waals surface area contributed by atoms with Gasteiger partial charge in [0.05, 0.1) is 16.1 Å². The lowest BCUT2D eigenvalue weighted by Crippen LogP contribution is -2.13. The van der Waals surface area contributed by atoms with Crippen molar-refractivity contribution >= 4 is 5.69 Å². The predicted octanol–water partition coefficient (Wildman–Crippen LogP) is 5.03. The smallest absolute Gasteiger partial charge is 0.282 e. The summed E-state index contributed by atoms with van der Waals surface area (Å²) in [4.78, 5) is 17.0. The number of alkyl halides is 2. The predicted molar refractivity (Wildman–Crippen MR) is 113 cm³/mol. The van der Waals surface area contributed by atoms with Crippen LogP contribution in [0, 0.1) is 27.8 Å². The molecule has 3 aromatic rings. The van der Waals surface area contributed by atoms with Crippen molar-refractivity contribution in [2.45, 2.75) is 19.4 Å². The van der Waals surface area contributed by atoms with Crippen LogP contribution in [0.1, 0.15) is 16.7 Å². The molecule has 0 aliphatic heterocycles. The second kappa shape index (κ2) is 10.4. The summed E-state index contributed by atoms with van der Waals surface area (Å²) in [5, 5.41) is 11.9. The molecule has 0 fully saturated rings. The fourth-order valence-corrected chi connectivity index (χ4v) is 3.31. The van der Waals surface area contributed by atoms with E-state index in [-0.39, 0.29) is 41.2 Å². The number of rotatable bonds is 9. The first-order chi connectivity index (χ1) is 15.7. The van der Waals surface area contributed by atoms with E-state index < -0.39 is 29.6 Å². The van der Waals surface area contributed by atoms with Crippen LogP contribution in [-0.2, 0) is 13.0 Å². The third-order valence-corrected chi connectivity index (χ3v) is 4.66. The molecule has 0 aliphatic carbocycles. The lowest BCUT2D eigenvalue weighted by Gasteiger charge is -2.15. The molecule has 1 aromatic heterocycles. The number of ether oxygens (including phenoxy) is 1. The highest BCUT2D eigenvalue weighted by Crippen LogP contribution is 2.36. The molecule has 2 aromatic carbocycles. The number of aromatic nitrogens is 1. The maximum atomic E-state index is 14.2. The summed E-state index contributed by atoms with van der Waals surface area (Å²) in [6, 6.07) is 10.6. The average molecular weight is 462 g/mol. The number of pyridine rings is 1. The number of nitro groups is 1. The van der Waals surface area contributed by atoms with Gasteiger partial charge in [0.1, 0.15) is 11.6 Å². The molecule has 33 heavy (non-hydrogen) atoms. The molecule has 1 heterocycles. The summed E-state index contributed by atoms with van der Waals surface area (Å²) in [7, 11) is 3.44. The van der Waals surface area contributed by atoms with Gasteiger partial charge in [-0.05, 0) is 50.0 Å². The van der Waals surface area contributed by atoms with Crippen molar-refractivity contribution in [2.75, 3.05) is 20.7 Å². The van der Waals surface area contributed by atoms with Gasteiger partial charge in [-0.3, -0.25) is 10.1 Å². The minimum absolute atomic E-state index is 0.0636. The third-order valence-electron chi connectivity index (χ3n) is 4.66. The lowest BCUT2D eigenvalue weighted by atomic mass is 9.94. The Morgan fingerprint density at radius 3 is 2.42 bits per heavy atom. The fourth-order valence-electron chi connectivity index (χ4n) is 3.31. The molecule has 0 saturated heterocycles. The number of nitrogens with zero attached hydrogens (tertiary/aromatic N) is 3. The lowest BCUT2D eigenvalue weighted by molar-refractivity contribution is -0.385. The van der Waals surface area contributed by atoms with Gasteiger partial charge in [0, 0.05) is 36.4 Å². The molecule has 0 spiro atoms. The van der Waals surface area contributed by atoms with Crippen molar-refractivity contribution in [3.63, 3.8) is 0 Å². The Hall–Kier alpha value is -3.53. The van der Waals surface area contributed by atoms with Gasteiger partial charge in [-0.1, -0.05) is 6.07 Å². The van der Waals surface area contributed by atoms with E-state index in [1.807, 2.05) is 0 Å². The van der Waals surface area contributed by atoms with Crippen LogP contribution in [0.2, 0.25) is 0 Å². The Kier molecular flexibility index (Phi) is 7.59. The molecule has 6 nitrogen and oxygen atoms in total. The van der Waals surface area contributed by atoms with E-state index >= 15 is 0 Å². The Balaban J connectivity index is 2.10. The number of nitro benzene ring substituents is 1. The molecule has 0 unspecified atom stereocenters. The van der Waals surface area contributed by atoms with Crippen molar-refractivity contribution in [2.24, 2.45) is 0 Å². The molecule has 10 heteroatoms. The zero-order valence-electron chi connectivity index (χ0n) is 17.8. The van der Waals surface area contributed by atoms with E-state index in [0.29, 0.717) is 11.1 Å².